The number of nitriles is 1. The highest BCUT2D eigenvalue weighted by atomic mass is 16.4. The summed E-state index contributed by atoms with van der Waals surface area (Å²) in [5.41, 5.74) is 1.55. The van der Waals surface area contributed by atoms with Crippen LogP contribution in [0.1, 0.15) is 24.6 Å². The molecule has 0 fully saturated rings. The summed E-state index contributed by atoms with van der Waals surface area (Å²) >= 11 is 0. The van der Waals surface area contributed by atoms with Crippen LogP contribution in [0, 0.1) is 18.3 Å². The molecule has 0 spiro atoms. The molecule has 0 atom stereocenters. The topological polar surface area (TPSA) is 82.2 Å². The molecule has 0 aromatic carbocycles. The number of aryl methyl sites for hydroxylation is 2. The van der Waals surface area contributed by atoms with Crippen LogP contribution < -0.4 is 4.90 Å². The van der Waals surface area contributed by atoms with E-state index in [2.05, 4.69) is 11.2 Å². The molecule has 1 N–H and O–H groups in total. The van der Waals surface area contributed by atoms with Gasteiger partial charge in [0, 0.05) is 31.8 Å². The molecule has 0 aliphatic heterocycles. The van der Waals surface area contributed by atoms with Crippen LogP contribution in [0.5, 0.6) is 0 Å². The Morgan fingerprint density at radius 1 is 1.63 bits per heavy atom. The molecule has 19 heavy (non-hydrogen) atoms. The van der Waals surface area contributed by atoms with Crippen LogP contribution in [0.15, 0.2) is 6.08 Å². The van der Waals surface area contributed by atoms with Crippen molar-refractivity contribution in [1.82, 2.24) is 9.78 Å². The van der Waals surface area contributed by atoms with Crippen LogP contribution >= 0.6 is 0 Å². The van der Waals surface area contributed by atoms with Crippen molar-refractivity contribution in [3.8, 4) is 6.07 Å². The lowest BCUT2D eigenvalue weighted by atomic mass is 10.2. The molecule has 1 rings (SSSR count). The fraction of sp³-hybridized carbons (Fsp3) is 0.462. The lowest BCUT2D eigenvalue weighted by molar-refractivity contribution is -0.131. The number of rotatable bonds is 6. The molecule has 0 bridgehead atoms. The highest BCUT2D eigenvalue weighted by Gasteiger charge is 2.16. The van der Waals surface area contributed by atoms with Gasteiger partial charge in [-0.25, -0.2) is 4.79 Å². The van der Waals surface area contributed by atoms with Gasteiger partial charge in [0.2, 0.25) is 0 Å². The standard InChI is InChI=1S/C13H18N4O2/c1-4-17(9-5-8-14)13-11(6-7-12(18)19)10(2)15-16(13)3/h6-7H,4-5,9H2,1-3H3,(H,18,19). The van der Waals surface area contributed by atoms with Gasteiger partial charge in [-0.2, -0.15) is 10.4 Å². The quantitative estimate of drug-likeness (QED) is 0.787. The lowest BCUT2D eigenvalue weighted by Crippen LogP contribution is -2.26. The number of carboxylic acid groups (broad SMARTS) is 1. The van der Waals surface area contributed by atoms with Gasteiger partial charge in [-0.1, -0.05) is 0 Å². The first-order valence-electron chi connectivity index (χ1n) is 6.07. The molecular formula is C13H18N4O2. The maximum atomic E-state index is 10.6. The molecule has 1 aromatic rings. The summed E-state index contributed by atoms with van der Waals surface area (Å²) in [4.78, 5) is 12.7. The summed E-state index contributed by atoms with van der Waals surface area (Å²) in [6.45, 7) is 5.15. The minimum absolute atomic E-state index is 0.417. The second kappa shape index (κ2) is 6.59. The van der Waals surface area contributed by atoms with Crippen molar-refractivity contribution in [2.45, 2.75) is 20.3 Å². The van der Waals surface area contributed by atoms with Gasteiger partial charge in [-0.3, -0.25) is 4.68 Å². The SMILES string of the molecule is CCN(CCC#N)c1c(C=CC(=O)O)c(C)nn1C. The van der Waals surface area contributed by atoms with Crippen molar-refractivity contribution in [3.05, 3.63) is 17.3 Å². The Kier molecular flexibility index (Phi) is 5.12. The van der Waals surface area contributed by atoms with Gasteiger partial charge in [0.1, 0.15) is 5.82 Å². The number of hydrogen-bond acceptors (Lipinski definition) is 4. The van der Waals surface area contributed by atoms with E-state index in [1.165, 1.54) is 0 Å². The minimum atomic E-state index is -0.991. The molecule has 6 heteroatoms. The maximum absolute atomic E-state index is 10.6. The highest BCUT2D eigenvalue weighted by Crippen LogP contribution is 2.24. The third kappa shape index (κ3) is 3.58. The smallest absolute Gasteiger partial charge is 0.328 e. The van der Waals surface area contributed by atoms with Crippen molar-refractivity contribution in [3.63, 3.8) is 0 Å². The van der Waals surface area contributed by atoms with E-state index in [0.717, 1.165) is 29.7 Å². The molecule has 0 amide bonds. The molecule has 1 aromatic heterocycles. The number of carbonyl (C=O) groups is 1. The van der Waals surface area contributed by atoms with Crippen molar-refractivity contribution in [2.24, 2.45) is 7.05 Å². The number of anilines is 1. The predicted molar refractivity (Wildman–Crippen MR) is 72.7 cm³/mol. The Morgan fingerprint density at radius 3 is 2.84 bits per heavy atom. The van der Waals surface area contributed by atoms with E-state index in [4.69, 9.17) is 10.4 Å². The summed E-state index contributed by atoms with van der Waals surface area (Å²) in [6.07, 6.45) is 3.07. The van der Waals surface area contributed by atoms with Crippen molar-refractivity contribution >= 4 is 17.9 Å². The van der Waals surface area contributed by atoms with Crippen molar-refractivity contribution in [2.75, 3.05) is 18.0 Å². The Hall–Kier alpha value is -2.29. The zero-order valence-corrected chi connectivity index (χ0v) is 11.4. The number of aliphatic carboxylic acids is 1. The summed E-state index contributed by atoms with van der Waals surface area (Å²) in [5, 5.41) is 21.7. The van der Waals surface area contributed by atoms with Crippen LogP contribution in [0.4, 0.5) is 5.82 Å². The fourth-order valence-corrected chi connectivity index (χ4v) is 1.99. The predicted octanol–water partition coefficient (Wildman–Crippen LogP) is 1.57. The lowest BCUT2D eigenvalue weighted by Gasteiger charge is -2.22. The van der Waals surface area contributed by atoms with E-state index in [9.17, 15) is 4.79 Å². The Labute approximate surface area is 112 Å². The molecule has 0 unspecified atom stereocenters. The van der Waals surface area contributed by atoms with Gasteiger partial charge in [-0.05, 0) is 19.9 Å². The molecule has 0 saturated heterocycles. The van der Waals surface area contributed by atoms with E-state index in [1.807, 2.05) is 25.8 Å². The van der Waals surface area contributed by atoms with Crippen LogP contribution in [0.25, 0.3) is 6.08 Å². The Balaban J connectivity index is 3.17. The van der Waals surface area contributed by atoms with Gasteiger partial charge < -0.3 is 10.0 Å². The molecule has 0 radical (unpaired) electrons. The van der Waals surface area contributed by atoms with Gasteiger partial charge in [0.15, 0.2) is 0 Å². The molecule has 6 nitrogen and oxygen atoms in total. The van der Waals surface area contributed by atoms with Crippen molar-refractivity contribution in [1.29, 1.82) is 5.26 Å². The average molecular weight is 262 g/mol. The second-order valence-electron chi connectivity index (χ2n) is 4.11. The van der Waals surface area contributed by atoms with E-state index in [0.29, 0.717) is 13.0 Å². The maximum Gasteiger partial charge on any atom is 0.328 e. The molecule has 1 heterocycles. The normalized spacial score (nSPS) is 10.6. The Morgan fingerprint density at radius 2 is 2.32 bits per heavy atom. The Bertz CT molecular complexity index is 525. The van der Waals surface area contributed by atoms with Gasteiger partial charge in [-0.15, -0.1) is 0 Å². The van der Waals surface area contributed by atoms with E-state index in [-0.39, 0.29) is 0 Å². The highest BCUT2D eigenvalue weighted by molar-refractivity contribution is 5.87. The first-order valence-corrected chi connectivity index (χ1v) is 6.07. The number of nitrogens with zero attached hydrogens (tertiary/aromatic N) is 4. The van der Waals surface area contributed by atoms with Crippen LogP contribution in [-0.2, 0) is 11.8 Å². The van der Waals surface area contributed by atoms with Crippen LogP contribution in [-0.4, -0.2) is 33.9 Å². The van der Waals surface area contributed by atoms with Gasteiger partial charge >= 0.3 is 5.97 Å². The molecular weight excluding hydrogens is 244 g/mol. The molecule has 102 valence electrons. The average Bonchev–Trinajstić information content (AvgIpc) is 2.63. The summed E-state index contributed by atoms with van der Waals surface area (Å²) in [6, 6.07) is 2.11. The van der Waals surface area contributed by atoms with Gasteiger partial charge in [0.25, 0.3) is 0 Å². The van der Waals surface area contributed by atoms with Crippen LogP contribution in [0.2, 0.25) is 0 Å². The van der Waals surface area contributed by atoms with E-state index < -0.39 is 5.97 Å². The fourth-order valence-electron chi connectivity index (χ4n) is 1.99. The van der Waals surface area contributed by atoms with Crippen molar-refractivity contribution < 1.29 is 9.90 Å². The third-order valence-corrected chi connectivity index (χ3v) is 2.80. The number of hydrogen-bond donors (Lipinski definition) is 1. The number of carboxylic acids is 1. The van der Waals surface area contributed by atoms with E-state index >= 15 is 0 Å². The molecule has 0 aliphatic carbocycles. The third-order valence-electron chi connectivity index (χ3n) is 2.80. The summed E-state index contributed by atoms with van der Waals surface area (Å²) < 4.78 is 1.72. The van der Waals surface area contributed by atoms with Gasteiger partial charge in [0.05, 0.1) is 18.2 Å². The summed E-state index contributed by atoms with van der Waals surface area (Å²) in [7, 11) is 1.81. The monoisotopic (exact) mass is 262 g/mol. The summed E-state index contributed by atoms with van der Waals surface area (Å²) in [5.74, 6) is -0.151. The first-order chi connectivity index (χ1) is 9.01. The zero-order chi connectivity index (χ0) is 14.4. The minimum Gasteiger partial charge on any atom is -0.478 e. The first kappa shape index (κ1) is 14.8. The molecule has 0 aliphatic rings. The molecule has 0 saturated carbocycles. The number of aromatic nitrogens is 2. The van der Waals surface area contributed by atoms with Crippen LogP contribution in [0.3, 0.4) is 0 Å². The largest absolute Gasteiger partial charge is 0.478 e. The second-order valence-corrected chi connectivity index (χ2v) is 4.11. The van der Waals surface area contributed by atoms with E-state index in [1.54, 1.807) is 10.8 Å². The zero-order valence-electron chi connectivity index (χ0n) is 11.4.